The number of nitro benzene ring substituents is 1. The maximum Gasteiger partial charge on any atom is 0.269 e. The quantitative estimate of drug-likeness (QED) is 0.443. The number of nitrogens with zero attached hydrogens (tertiary/aromatic N) is 3. The molecule has 0 heterocycles. The zero-order valence-electron chi connectivity index (χ0n) is 9.20. The van der Waals surface area contributed by atoms with Crippen molar-refractivity contribution in [3.8, 4) is 0 Å². The Morgan fingerprint density at radius 2 is 1.94 bits per heavy atom. The van der Waals surface area contributed by atoms with E-state index < -0.39 is 4.92 Å². The maximum atomic E-state index is 10.4. The Morgan fingerprint density at radius 1 is 1.31 bits per heavy atom. The molecule has 0 N–H and O–H groups in total. The molecule has 0 bridgehead atoms. The normalized spacial score (nSPS) is 11.1. The average molecular weight is 219 g/mol. The van der Waals surface area contributed by atoms with Crippen LogP contribution in [0.25, 0.3) is 6.08 Å². The molecule has 0 aliphatic heterocycles. The van der Waals surface area contributed by atoms with Crippen molar-refractivity contribution in [3.63, 3.8) is 0 Å². The van der Waals surface area contributed by atoms with Crippen molar-refractivity contribution in [3.05, 3.63) is 46.0 Å². The highest BCUT2D eigenvalue weighted by Gasteiger charge is 2.01. The SMILES string of the molecule is CN(C)/N=C/C=C/c1ccc([N+](=O)[O-])cc1. The molecule has 0 aliphatic carbocycles. The van der Waals surface area contributed by atoms with Gasteiger partial charge in [0.1, 0.15) is 0 Å². The van der Waals surface area contributed by atoms with E-state index in [1.54, 1.807) is 29.4 Å². The summed E-state index contributed by atoms with van der Waals surface area (Å²) < 4.78 is 0. The fourth-order valence-electron chi connectivity index (χ4n) is 1.03. The molecule has 0 amide bonds. The predicted octanol–water partition coefficient (Wildman–Crippen LogP) is 2.16. The smallest absolute Gasteiger partial charge is 0.269 e. The molecular formula is C11H13N3O2. The van der Waals surface area contributed by atoms with Gasteiger partial charge in [-0.25, -0.2) is 0 Å². The summed E-state index contributed by atoms with van der Waals surface area (Å²) in [4.78, 5) is 9.99. The van der Waals surface area contributed by atoms with E-state index in [1.807, 2.05) is 20.2 Å². The van der Waals surface area contributed by atoms with E-state index in [9.17, 15) is 10.1 Å². The van der Waals surface area contributed by atoms with Crippen LogP contribution in [-0.2, 0) is 0 Å². The Morgan fingerprint density at radius 3 is 2.44 bits per heavy atom. The van der Waals surface area contributed by atoms with Gasteiger partial charge in [-0.3, -0.25) is 10.1 Å². The van der Waals surface area contributed by atoms with E-state index in [4.69, 9.17) is 0 Å². The monoisotopic (exact) mass is 219 g/mol. The van der Waals surface area contributed by atoms with Gasteiger partial charge in [-0.2, -0.15) is 5.10 Å². The summed E-state index contributed by atoms with van der Waals surface area (Å²) in [7, 11) is 3.66. The first-order valence-corrected chi connectivity index (χ1v) is 4.72. The molecule has 0 saturated heterocycles. The number of hydrazone groups is 1. The molecule has 0 unspecified atom stereocenters. The number of hydrogen-bond acceptors (Lipinski definition) is 4. The van der Waals surface area contributed by atoms with Crippen LogP contribution in [0.1, 0.15) is 5.56 Å². The van der Waals surface area contributed by atoms with Crippen molar-refractivity contribution >= 4 is 18.0 Å². The van der Waals surface area contributed by atoms with Gasteiger partial charge in [0.15, 0.2) is 0 Å². The van der Waals surface area contributed by atoms with Crippen molar-refractivity contribution in [2.75, 3.05) is 14.1 Å². The second-order valence-corrected chi connectivity index (χ2v) is 3.32. The van der Waals surface area contributed by atoms with E-state index >= 15 is 0 Å². The third-order valence-electron chi connectivity index (χ3n) is 1.78. The fourth-order valence-corrected chi connectivity index (χ4v) is 1.03. The third-order valence-corrected chi connectivity index (χ3v) is 1.78. The molecule has 0 saturated carbocycles. The zero-order valence-corrected chi connectivity index (χ0v) is 9.20. The van der Waals surface area contributed by atoms with Gasteiger partial charge in [0.2, 0.25) is 0 Å². The number of benzene rings is 1. The van der Waals surface area contributed by atoms with Crippen LogP contribution in [0.5, 0.6) is 0 Å². The summed E-state index contributed by atoms with van der Waals surface area (Å²) in [6.45, 7) is 0. The third kappa shape index (κ3) is 3.91. The minimum absolute atomic E-state index is 0.0964. The highest BCUT2D eigenvalue weighted by molar-refractivity contribution is 5.78. The Labute approximate surface area is 93.8 Å². The summed E-state index contributed by atoms with van der Waals surface area (Å²) in [6.07, 6.45) is 5.26. The first-order chi connectivity index (χ1) is 7.59. The van der Waals surface area contributed by atoms with Crippen LogP contribution in [0, 0.1) is 10.1 Å². The van der Waals surface area contributed by atoms with E-state index in [-0.39, 0.29) is 5.69 Å². The largest absolute Gasteiger partial charge is 0.303 e. The molecule has 16 heavy (non-hydrogen) atoms. The van der Waals surface area contributed by atoms with Crippen molar-refractivity contribution in [2.45, 2.75) is 0 Å². The molecule has 0 aromatic heterocycles. The molecule has 0 aliphatic rings. The second kappa shape index (κ2) is 5.65. The molecule has 0 fully saturated rings. The van der Waals surface area contributed by atoms with Gasteiger partial charge in [-0.1, -0.05) is 6.08 Å². The van der Waals surface area contributed by atoms with Gasteiger partial charge < -0.3 is 5.01 Å². The number of nitro groups is 1. The zero-order chi connectivity index (χ0) is 12.0. The number of allylic oxidation sites excluding steroid dienone is 1. The number of non-ortho nitro benzene ring substituents is 1. The molecule has 1 aromatic rings. The lowest BCUT2D eigenvalue weighted by atomic mass is 10.2. The second-order valence-electron chi connectivity index (χ2n) is 3.32. The lowest BCUT2D eigenvalue weighted by Crippen LogP contribution is -2.00. The van der Waals surface area contributed by atoms with Crippen molar-refractivity contribution in [1.29, 1.82) is 0 Å². The van der Waals surface area contributed by atoms with Gasteiger partial charge in [0, 0.05) is 32.4 Å². The summed E-state index contributed by atoms with van der Waals surface area (Å²) in [6, 6.07) is 6.34. The summed E-state index contributed by atoms with van der Waals surface area (Å²) in [5.74, 6) is 0. The van der Waals surface area contributed by atoms with Crippen LogP contribution in [0.15, 0.2) is 35.4 Å². The van der Waals surface area contributed by atoms with Gasteiger partial charge >= 0.3 is 0 Å². The fraction of sp³-hybridized carbons (Fsp3) is 0.182. The minimum atomic E-state index is -0.416. The summed E-state index contributed by atoms with van der Waals surface area (Å²) in [5.41, 5.74) is 0.995. The maximum absolute atomic E-state index is 10.4. The molecule has 1 aromatic carbocycles. The molecule has 84 valence electrons. The average Bonchev–Trinajstić information content (AvgIpc) is 2.25. The Kier molecular flexibility index (Phi) is 4.20. The van der Waals surface area contributed by atoms with E-state index in [0.717, 1.165) is 5.56 Å². The van der Waals surface area contributed by atoms with E-state index in [0.29, 0.717) is 0 Å². The predicted molar refractivity (Wildman–Crippen MR) is 64.3 cm³/mol. The number of hydrogen-bond donors (Lipinski definition) is 0. The van der Waals surface area contributed by atoms with Gasteiger partial charge in [-0.05, 0) is 23.8 Å². The molecule has 0 atom stereocenters. The van der Waals surface area contributed by atoms with Crippen LogP contribution in [-0.4, -0.2) is 30.2 Å². The van der Waals surface area contributed by atoms with Crippen LogP contribution in [0.4, 0.5) is 5.69 Å². The Balaban J connectivity index is 2.65. The van der Waals surface area contributed by atoms with Gasteiger partial charge in [0.05, 0.1) is 4.92 Å². The molecule has 5 nitrogen and oxygen atoms in total. The number of rotatable bonds is 4. The van der Waals surface area contributed by atoms with Crippen molar-refractivity contribution < 1.29 is 4.92 Å². The first kappa shape index (κ1) is 11.9. The highest BCUT2D eigenvalue weighted by Crippen LogP contribution is 2.12. The molecule has 0 radical (unpaired) electrons. The lowest BCUT2D eigenvalue weighted by Gasteiger charge is -1.99. The molecule has 1 rings (SSSR count). The summed E-state index contributed by atoms with van der Waals surface area (Å²) in [5, 5.41) is 16.1. The first-order valence-electron chi connectivity index (χ1n) is 4.72. The van der Waals surface area contributed by atoms with E-state index in [2.05, 4.69) is 5.10 Å². The molecule has 5 heteroatoms. The van der Waals surface area contributed by atoms with Crippen molar-refractivity contribution in [1.82, 2.24) is 5.01 Å². The highest BCUT2D eigenvalue weighted by atomic mass is 16.6. The molecular weight excluding hydrogens is 206 g/mol. The summed E-state index contributed by atoms with van der Waals surface area (Å²) >= 11 is 0. The topological polar surface area (TPSA) is 58.7 Å². The molecule has 0 spiro atoms. The van der Waals surface area contributed by atoms with Gasteiger partial charge in [-0.15, -0.1) is 0 Å². The van der Waals surface area contributed by atoms with Crippen LogP contribution in [0.3, 0.4) is 0 Å². The lowest BCUT2D eigenvalue weighted by molar-refractivity contribution is -0.384. The Hall–Kier alpha value is -2.17. The van der Waals surface area contributed by atoms with E-state index in [1.165, 1.54) is 12.1 Å². The van der Waals surface area contributed by atoms with Crippen LogP contribution >= 0.6 is 0 Å². The van der Waals surface area contributed by atoms with Crippen LogP contribution in [0.2, 0.25) is 0 Å². The van der Waals surface area contributed by atoms with Gasteiger partial charge in [0.25, 0.3) is 5.69 Å². The van der Waals surface area contributed by atoms with Crippen LogP contribution < -0.4 is 0 Å². The standard InChI is InChI=1S/C11H13N3O2/c1-13(2)12-9-3-4-10-5-7-11(8-6-10)14(15)16/h3-9H,1-2H3/b4-3+,12-9+. The Bertz CT molecular complexity index is 408. The minimum Gasteiger partial charge on any atom is -0.303 e. The van der Waals surface area contributed by atoms with Crippen molar-refractivity contribution in [2.24, 2.45) is 5.10 Å².